The third kappa shape index (κ3) is 4.68. The summed E-state index contributed by atoms with van der Waals surface area (Å²) in [5.41, 5.74) is 0.861. The van der Waals surface area contributed by atoms with Gasteiger partial charge in [0, 0.05) is 44.0 Å². The SMILES string of the molecule is Cn1cc(C=CC(=O)NC2CCN(S(C)(=O)=O)CC2)cn1. The Morgan fingerprint density at radius 2 is 2.10 bits per heavy atom. The molecule has 1 saturated heterocycles. The van der Waals surface area contributed by atoms with E-state index in [0.717, 1.165) is 5.56 Å². The van der Waals surface area contributed by atoms with Crippen molar-refractivity contribution in [1.29, 1.82) is 0 Å². The lowest BCUT2D eigenvalue weighted by molar-refractivity contribution is -0.117. The number of aryl methyl sites for hydroxylation is 1. The summed E-state index contributed by atoms with van der Waals surface area (Å²) in [7, 11) is -1.31. The molecule has 1 aromatic heterocycles. The average molecular weight is 312 g/mol. The molecule has 1 aliphatic rings. The maximum absolute atomic E-state index is 11.8. The monoisotopic (exact) mass is 312 g/mol. The molecule has 0 aromatic carbocycles. The molecule has 1 aromatic rings. The van der Waals surface area contributed by atoms with Crippen molar-refractivity contribution >= 4 is 22.0 Å². The van der Waals surface area contributed by atoms with E-state index in [0.29, 0.717) is 25.9 Å². The largest absolute Gasteiger partial charge is 0.350 e. The van der Waals surface area contributed by atoms with Gasteiger partial charge in [0.15, 0.2) is 0 Å². The Balaban J connectivity index is 1.81. The first-order chi connectivity index (χ1) is 9.84. The molecule has 1 amide bonds. The summed E-state index contributed by atoms with van der Waals surface area (Å²) in [6.45, 7) is 0.909. The molecule has 0 spiro atoms. The van der Waals surface area contributed by atoms with Crippen LogP contribution in [0.4, 0.5) is 0 Å². The van der Waals surface area contributed by atoms with Crippen molar-refractivity contribution in [3.8, 4) is 0 Å². The first-order valence-electron chi connectivity index (χ1n) is 6.77. The molecule has 2 heterocycles. The van der Waals surface area contributed by atoms with Crippen LogP contribution in [0.3, 0.4) is 0 Å². The summed E-state index contributed by atoms with van der Waals surface area (Å²) in [6.07, 6.45) is 9.15. The minimum Gasteiger partial charge on any atom is -0.350 e. The average Bonchev–Trinajstić information content (AvgIpc) is 2.82. The maximum Gasteiger partial charge on any atom is 0.244 e. The smallest absolute Gasteiger partial charge is 0.244 e. The van der Waals surface area contributed by atoms with E-state index in [1.165, 1.54) is 16.6 Å². The van der Waals surface area contributed by atoms with Gasteiger partial charge in [-0.3, -0.25) is 9.48 Å². The van der Waals surface area contributed by atoms with Gasteiger partial charge in [-0.1, -0.05) is 0 Å². The third-order valence-corrected chi connectivity index (χ3v) is 4.72. The van der Waals surface area contributed by atoms with Gasteiger partial charge < -0.3 is 5.32 Å². The van der Waals surface area contributed by atoms with Crippen molar-refractivity contribution in [2.45, 2.75) is 18.9 Å². The number of amides is 1. The number of carbonyl (C=O) groups excluding carboxylic acids is 1. The summed E-state index contributed by atoms with van der Waals surface area (Å²) in [5, 5.41) is 6.91. The molecule has 1 N–H and O–H groups in total. The Bertz CT molecular complexity index is 628. The molecule has 2 rings (SSSR count). The lowest BCUT2D eigenvalue weighted by Gasteiger charge is -2.30. The van der Waals surface area contributed by atoms with Crippen LogP contribution >= 0.6 is 0 Å². The molecule has 1 fully saturated rings. The number of nitrogens with zero attached hydrogens (tertiary/aromatic N) is 3. The van der Waals surface area contributed by atoms with Crippen molar-refractivity contribution < 1.29 is 13.2 Å². The molecule has 0 atom stereocenters. The Labute approximate surface area is 124 Å². The molecule has 0 unspecified atom stereocenters. The summed E-state index contributed by atoms with van der Waals surface area (Å²) in [6, 6.07) is 0.0223. The molecule has 0 saturated carbocycles. The van der Waals surface area contributed by atoms with Crippen molar-refractivity contribution in [3.05, 3.63) is 24.0 Å². The fourth-order valence-electron chi connectivity index (χ4n) is 2.28. The third-order valence-electron chi connectivity index (χ3n) is 3.42. The van der Waals surface area contributed by atoms with Crippen LogP contribution in [-0.2, 0) is 21.9 Å². The Hall–Kier alpha value is -1.67. The van der Waals surface area contributed by atoms with Crippen LogP contribution in [0.25, 0.3) is 6.08 Å². The van der Waals surface area contributed by atoms with Crippen LogP contribution < -0.4 is 5.32 Å². The molecule has 21 heavy (non-hydrogen) atoms. The predicted molar refractivity (Wildman–Crippen MR) is 79.8 cm³/mol. The zero-order valence-corrected chi connectivity index (χ0v) is 13.0. The lowest BCUT2D eigenvalue weighted by atomic mass is 10.1. The van der Waals surface area contributed by atoms with Crippen LogP contribution in [-0.4, -0.2) is 53.8 Å². The van der Waals surface area contributed by atoms with Crippen LogP contribution in [0, 0.1) is 0 Å². The van der Waals surface area contributed by atoms with E-state index in [1.54, 1.807) is 17.0 Å². The maximum atomic E-state index is 11.8. The number of piperidine rings is 1. The summed E-state index contributed by atoms with van der Waals surface area (Å²) in [5.74, 6) is -0.170. The topological polar surface area (TPSA) is 84.3 Å². The molecule has 8 heteroatoms. The zero-order chi connectivity index (χ0) is 15.5. The number of hydrogen-bond donors (Lipinski definition) is 1. The normalized spacial score (nSPS) is 18.2. The summed E-state index contributed by atoms with van der Waals surface area (Å²) >= 11 is 0. The minimum atomic E-state index is -3.12. The fourth-order valence-corrected chi connectivity index (χ4v) is 3.15. The molecule has 0 radical (unpaired) electrons. The number of sulfonamides is 1. The Morgan fingerprint density at radius 3 is 2.62 bits per heavy atom. The summed E-state index contributed by atoms with van der Waals surface area (Å²) < 4.78 is 25.9. The van der Waals surface area contributed by atoms with Crippen molar-refractivity contribution in [3.63, 3.8) is 0 Å². The highest BCUT2D eigenvalue weighted by Gasteiger charge is 2.25. The van der Waals surface area contributed by atoms with Crippen molar-refractivity contribution in [2.75, 3.05) is 19.3 Å². The van der Waals surface area contributed by atoms with Crippen LogP contribution in [0.15, 0.2) is 18.5 Å². The fraction of sp³-hybridized carbons (Fsp3) is 0.538. The molecule has 7 nitrogen and oxygen atoms in total. The number of nitrogens with one attached hydrogen (secondary N) is 1. The van der Waals surface area contributed by atoms with E-state index in [4.69, 9.17) is 0 Å². The highest BCUT2D eigenvalue weighted by molar-refractivity contribution is 7.88. The Kier molecular flexibility index (Phi) is 4.79. The molecule has 1 aliphatic heterocycles. The van der Waals surface area contributed by atoms with E-state index >= 15 is 0 Å². The van der Waals surface area contributed by atoms with Gasteiger partial charge in [-0.05, 0) is 18.9 Å². The number of hydrogen-bond acceptors (Lipinski definition) is 4. The molecule has 0 aliphatic carbocycles. The van der Waals surface area contributed by atoms with E-state index in [2.05, 4.69) is 10.4 Å². The van der Waals surface area contributed by atoms with Crippen LogP contribution in [0.1, 0.15) is 18.4 Å². The second-order valence-electron chi connectivity index (χ2n) is 5.23. The number of rotatable bonds is 4. The van der Waals surface area contributed by atoms with Gasteiger partial charge in [0.25, 0.3) is 0 Å². The van der Waals surface area contributed by atoms with Crippen LogP contribution in [0.5, 0.6) is 0 Å². The quantitative estimate of drug-likeness (QED) is 0.792. The van der Waals surface area contributed by atoms with Gasteiger partial charge in [-0.25, -0.2) is 12.7 Å². The van der Waals surface area contributed by atoms with E-state index in [9.17, 15) is 13.2 Å². The van der Waals surface area contributed by atoms with Crippen molar-refractivity contribution in [2.24, 2.45) is 7.05 Å². The van der Waals surface area contributed by atoms with E-state index in [1.807, 2.05) is 13.2 Å². The molecule has 116 valence electrons. The van der Waals surface area contributed by atoms with Crippen molar-refractivity contribution in [1.82, 2.24) is 19.4 Å². The number of aromatic nitrogens is 2. The second kappa shape index (κ2) is 6.40. The molecule has 0 bridgehead atoms. The predicted octanol–water partition coefficient (Wildman–Crippen LogP) is -0.0265. The van der Waals surface area contributed by atoms with Gasteiger partial charge in [0.1, 0.15) is 0 Å². The first-order valence-corrected chi connectivity index (χ1v) is 8.62. The standard InChI is InChI=1S/C13H20N4O3S/c1-16-10-11(9-14-16)3-4-13(18)15-12-5-7-17(8-6-12)21(2,19)20/h3-4,9-10,12H,5-8H2,1-2H3,(H,15,18). The molecular formula is C13H20N4O3S. The second-order valence-corrected chi connectivity index (χ2v) is 7.21. The van der Waals surface area contributed by atoms with E-state index < -0.39 is 10.0 Å². The lowest BCUT2D eigenvalue weighted by Crippen LogP contribution is -2.45. The number of carbonyl (C=O) groups is 1. The zero-order valence-electron chi connectivity index (χ0n) is 12.2. The van der Waals surface area contributed by atoms with E-state index in [-0.39, 0.29) is 11.9 Å². The van der Waals surface area contributed by atoms with Crippen LogP contribution in [0.2, 0.25) is 0 Å². The first kappa shape index (κ1) is 15.7. The van der Waals surface area contributed by atoms with Gasteiger partial charge in [-0.2, -0.15) is 5.10 Å². The summed E-state index contributed by atoms with van der Waals surface area (Å²) in [4.78, 5) is 11.8. The van der Waals surface area contributed by atoms with Gasteiger partial charge in [-0.15, -0.1) is 0 Å². The minimum absolute atomic E-state index is 0.0223. The Morgan fingerprint density at radius 1 is 1.43 bits per heavy atom. The highest BCUT2D eigenvalue weighted by atomic mass is 32.2. The van der Waals surface area contributed by atoms with Gasteiger partial charge in [0.05, 0.1) is 12.5 Å². The van der Waals surface area contributed by atoms with Gasteiger partial charge >= 0.3 is 0 Å². The highest BCUT2D eigenvalue weighted by Crippen LogP contribution is 2.13. The van der Waals surface area contributed by atoms with Gasteiger partial charge in [0.2, 0.25) is 15.9 Å². The molecular weight excluding hydrogens is 292 g/mol.